The SMILES string of the molecule is CS(=O)(=O)CN1CCSCC1. The summed E-state index contributed by atoms with van der Waals surface area (Å²) in [5, 5.41) is 0. The van der Waals surface area contributed by atoms with Gasteiger partial charge in [0.2, 0.25) is 0 Å². The molecule has 0 atom stereocenters. The second-order valence-corrected chi connectivity index (χ2v) is 6.12. The molecule has 1 rings (SSSR count). The first-order chi connectivity index (χ1) is 5.08. The molecule has 1 saturated heterocycles. The van der Waals surface area contributed by atoms with Gasteiger partial charge in [0.05, 0.1) is 0 Å². The molecule has 0 bridgehead atoms. The molecular formula is C6H13NO2S2. The second kappa shape index (κ2) is 3.78. The van der Waals surface area contributed by atoms with Crippen molar-refractivity contribution in [2.24, 2.45) is 0 Å². The molecule has 0 aromatic rings. The van der Waals surface area contributed by atoms with Gasteiger partial charge in [-0.1, -0.05) is 0 Å². The Morgan fingerprint density at radius 3 is 2.36 bits per heavy atom. The van der Waals surface area contributed by atoms with Gasteiger partial charge in [0.1, 0.15) is 5.88 Å². The van der Waals surface area contributed by atoms with Crippen LogP contribution in [0.4, 0.5) is 0 Å². The summed E-state index contributed by atoms with van der Waals surface area (Å²) in [6, 6.07) is 0. The summed E-state index contributed by atoms with van der Waals surface area (Å²) in [4.78, 5) is 1.99. The maximum Gasteiger partial charge on any atom is 0.160 e. The van der Waals surface area contributed by atoms with Crippen molar-refractivity contribution in [1.82, 2.24) is 4.90 Å². The molecule has 3 nitrogen and oxygen atoms in total. The van der Waals surface area contributed by atoms with Gasteiger partial charge in [0.15, 0.2) is 9.84 Å². The largest absolute Gasteiger partial charge is 0.288 e. The lowest BCUT2D eigenvalue weighted by Crippen LogP contribution is -2.36. The molecule has 1 aliphatic heterocycles. The number of hydrogen-bond acceptors (Lipinski definition) is 4. The van der Waals surface area contributed by atoms with Crippen LogP contribution >= 0.6 is 11.8 Å². The molecule has 0 radical (unpaired) electrons. The first kappa shape index (κ1) is 9.35. The third-order valence-corrected chi connectivity index (χ3v) is 3.30. The average Bonchev–Trinajstić information content (AvgIpc) is 1.85. The van der Waals surface area contributed by atoms with E-state index in [0.29, 0.717) is 0 Å². The standard InChI is InChI=1S/C6H13NO2S2/c1-11(8,9)6-7-2-4-10-5-3-7/h2-6H2,1H3. The molecule has 66 valence electrons. The van der Waals surface area contributed by atoms with E-state index in [1.807, 2.05) is 16.7 Å². The zero-order valence-electron chi connectivity index (χ0n) is 6.62. The van der Waals surface area contributed by atoms with Crippen LogP contribution in [0.3, 0.4) is 0 Å². The van der Waals surface area contributed by atoms with E-state index >= 15 is 0 Å². The smallest absolute Gasteiger partial charge is 0.160 e. The molecule has 0 saturated carbocycles. The zero-order valence-corrected chi connectivity index (χ0v) is 8.25. The Morgan fingerprint density at radius 1 is 1.36 bits per heavy atom. The van der Waals surface area contributed by atoms with Gasteiger partial charge in [0.25, 0.3) is 0 Å². The molecule has 0 aliphatic carbocycles. The Labute approximate surface area is 72.1 Å². The number of sulfone groups is 1. The number of nitrogens with zero attached hydrogens (tertiary/aromatic N) is 1. The molecule has 0 aromatic carbocycles. The van der Waals surface area contributed by atoms with Crippen molar-refractivity contribution in [3.63, 3.8) is 0 Å². The minimum absolute atomic E-state index is 0.230. The van der Waals surface area contributed by atoms with E-state index in [9.17, 15) is 8.42 Å². The number of hydrogen-bond donors (Lipinski definition) is 0. The fourth-order valence-corrected chi connectivity index (χ4v) is 2.96. The summed E-state index contributed by atoms with van der Waals surface area (Å²) in [7, 11) is -2.81. The Balaban J connectivity index is 2.36. The predicted molar refractivity (Wildman–Crippen MR) is 48.6 cm³/mol. The van der Waals surface area contributed by atoms with Crippen LogP contribution in [0, 0.1) is 0 Å². The molecule has 1 aliphatic rings. The first-order valence-electron chi connectivity index (χ1n) is 3.56. The first-order valence-corrected chi connectivity index (χ1v) is 6.77. The third kappa shape index (κ3) is 3.98. The maximum absolute atomic E-state index is 10.9. The lowest BCUT2D eigenvalue weighted by molar-refractivity contribution is 0.347. The van der Waals surface area contributed by atoms with Crippen LogP contribution in [0.5, 0.6) is 0 Å². The molecule has 11 heavy (non-hydrogen) atoms. The van der Waals surface area contributed by atoms with Crippen LogP contribution in [-0.2, 0) is 9.84 Å². The van der Waals surface area contributed by atoms with Crippen molar-refractivity contribution in [3.05, 3.63) is 0 Å². The Morgan fingerprint density at radius 2 is 1.91 bits per heavy atom. The van der Waals surface area contributed by atoms with Gasteiger partial charge >= 0.3 is 0 Å². The van der Waals surface area contributed by atoms with E-state index in [1.165, 1.54) is 6.26 Å². The van der Waals surface area contributed by atoms with Crippen LogP contribution in [0.2, 0.25) is 0 Å². The van der Waals surface area contributed by atoms with Crippen LogP contribution in [-0.4, -0.2) is 50.0 Å². The molecule has 0 N–H and O–H groups in total. The number of rotatable bonds is 2. The molecular weight excluding hydrogens is 182 g/mol. The van der Waals surface area contributed by atoms with E-state index < -0.39 is 9.84 Å². The second-order valence-electron chi connectivity index (χ2n) is 2.79. The number of thioether (sulfide) groups is 1. The topological polar surface area (TPSA) is 37.4 Å². The van der Waals surface area contributed by atoms with Crippen LogP contribution < -0.4 is 0 Å². The van der Waals surface area contributed by atoms with Crippen molar-refractivity contribution in [3.8, 4) is 0 Å². The van der Waals surface area contributed by atoms with Gasteiger partial charge in [-0.3, -0.25) is 4.90 Å². The van der Waals surface area contributed by atoms with Crippen LogP contribution in [0.1, 0.15) is 0 Å². The highest BCUT2D eigenvalue weighted by Crippen LogP contribution is 2.09. The van der Waals surface area contributed by atoms with E-state index in [4.69, 9.17) is 0 Å². The lowest BCUT2D eigenvalue weighted by atomic mass is 10.6. The summed E-state index contributed by atoms with van der Waals surface area (Å²) in [6.45, 7) is 1.83. The molecule has 1 fully saturated rings. The quantitative estimate of drug-likeness (QED) is 0.623. The van der Waals surface area contributed by atoms with Crippen molar-refractivity contribution >= 4 is 21.6 Å². The average molecular weight is 195 g/mol. The molecule has 0 spiro atoms. The third-order valence-electron chi connectivity index (χ3n) is 1.52. The van der Waals surface area contributed by atoms with Crippen molar-refractivity contribution in [2.75, 3.05) is 36.7 Å². The normalized spacial score (nSPS) is 21.9. The Hall–Kier alpha value is 0.260. The molecule has 0 unspecified atom stereocenters. The summed E-state index contributed by atoms with van der Waals surface area (Å²) < 4.78 is 21.7. The van der Waals surface area contributed by atoms with E-state index in [-0.39, 0.29) is 5.88 Å². The van der Waals surface area contributed by atoms with Gasteiger partial charge in [-0.2, -0.15) is 11.8 Å². The van der Waals surface area contributed by atoms with E-state index in [0.717, 1.165) is 24.6 Å². The molecule has 0 aromatic heterocycles. The summed E-state index contributed by atoms with van der Waals surface area (Å²) in [6.07, 6.45) is 1.29. The Kier molecular flexibility index (Phi) is 3.21. The highest BCUT2D eigenvalue weighted by Gasteiger charge is 2.14. The minimum Gasteiger partial charge on any atom is -0.288 e. The maximum atomic E-state index is 10.9. The predicted octanol–water partition coefficient (Wildman–Crippen LogP) is 0.0373. The van der Waals surface area contributed by atoms with Crippen molar-refractivity contribution < 1.29 is 8.42 Å². The van der Waals surface area contributed by atoms with Gasteiger partial charge in [-0.15, -0.1) is 0 Å². The van der Waals surface area contributed by atoms with Crippen molar-refractivity contribution in [1.29, 1.82) is 0 Å². The molecule has 5 heteroatoms. The summed E-state index contributed by atoms with van der Waals surface area (Å²) in [5.41, 5.74) is 0. The highest BCUT2D eigenvalue weighted by molar-refractivity contribution is 7.99. The monoisotopic (exact) mass is 195 g/mol. The van der Waals surface area contributed by atoms with Crippen molar-refractivity contribution in [2.45, 2.75) is 0 Å². The fraction of sp³-hybridized carbons (Fsp3) is 1.00. The zero-order chi connectivity index (χ0) is 8.32. The van der Waals surface area contributed by atoms with Crippen LogP contribution in [0.15, 0.2) is 0 Å². The van der Waals surface area contributed by atoms with Crippen LogP contribution in [0.25, 0.3) is 0 Å². The fourth-order valence-electron chi connectivity index (χ4n) is 1.06. The van der Waals surface area contributed by atoms with Gasteiger partial charge in [0, 0.05) is 30.9 Å². The van der Waals surface area contributed by atoms with Gasteiger partial charge < -0.3 is 0 Å². The lowest BCUT2D eigenvalue weighted by Gasteiger charge is -2.24. The highest BCUT2D eigenvalue weighted by atomic mass is 32.2. The van der Waals surface area contributed by atoms with Gasteiger partial charge in [-0.05, 0) is 0 Å². The molecule has 0 amide bonds. The molecule has 1 heterocycles. The van der Waals surface area contributed by atoms with Gasteiger partial charge in [-0.25, -0.2) is 8.42 Å². The minimum atomic E-state index is -2.81. The van der Waals surface area contributed by atoms with E-state index in [2.05, 4.69) is 0 Å². The summed E-state index contributed by atoms with van der Waals surface area (Å²) in [5.74, 6) is 2.36. The summed E-state index contributed by atoms with van der Waals surface area (Å²) >= 11 is 1.89. The Bertz CT molecular complexity index is 207. The van der Waals surface area contributed by atoms with E-state index in [1.54, 1.807) is 0 Å².